The van der Waals surface area contributed by atoms with Crippen LogP contribution in [0.2, 0.25) is 0 Å². The summed E-state index contributed by atoms with van der Waals surface area (Å²) in [4.78, 5) is 10.7. The van der Waals surface area contributed by atoms with Crippen LogP contribution in [0.4, 0.5) is 4.79 Å². The highest BCUT2D eigenvalue weighted by atomic mass is 16.6. The fourth-order valence-electron chi connectivity index (χ4n) is 1.81. The molecule has 0 radical (unpaired) electrons. The smallest absolute Gasteiger partial charge is 0.407 e. The van der Waals surface area contributed by atoms with E-state index < -0.39 is 0 Å². The Balaban J connectivity index is 2.09. The van der Waals surface area contributed by atoms with Gasteiger partial charge in [0.1, 0.15) is 6.61 Å². The fraction of sp³-hybridized carbons (Fsp3) is 0.857. The van der Waals surface area contributed by atoms with E-state index in [0.29, 0.717) is 6.61 Å². The first-order chi connectivity index (χ1) is 4.81. The zero-order valence-corrected chi connectivity index (χ0v) is 5.85. The molecule has 0 aromatic carbocycles. The second-order valence-electron chi connectivity index (χ2n) is 3.19. The average molecular weight is 141 g/mol. The van der Waals surface area contributed by atoms with Gasteiger partial charge in [-0.15, -0.1) is 0 Å². The second kappa shape index (κ2) is 1.87. The van der Waals surface area contributed by atoms with E-state index in [0.717, 1.165) is 12.8 Å². The SMILES string of the molecule is O=C1NC2(CCCC2)CO1. The number of alkyl carbamates (subject to hydrolysis) is 1. The fourth-order valence-corrected chi connectivity index (χ4v) is 1.81. The molecule has 1 amide bonds. The molecule has 1 N–H and O–H groups in total. The monoisotopic (exact) mass is 141 g/mol. The van der Waals surface area contributed by atoms with Gasteiger partial charge in [-0.3, -0.25) is 0 Å². The predicted molar refractivity (Wildman–Crippen MR) is 35.7 cm³/mol. The number of hydrogen-bond acceptors (Lipinski definition) is 2. The molecule has 2 rings (SSSR count). The number of cyclic esters (lactones) is 1. The minimum Gasteiger partial charge on any atom is -0.447 e. The summed E-state index contributed by atoms with van der Waals surface area (Å²) >= 11 is 0. The van der Waals surface area contributed by atoms with Crippen LogP contribution in [-0.4, -0.2) is 18.2 Å². The standard InChI is InChI=1S/C7H11NO2/c9-6-8-7(5-10-6)3-1-2-4-7/h1-5H2,(H,8,9). The lowest BCUT2D eigenvalue weighted by Crippen LogP contribution is -2.40. The van der Waals surface area contributed by atoms with Crippen molar-refractivity contribution in [1.29, 1.82) is 0 Å². The summed E-state index contributed by atoms with van der Waals surface area (Å²) in [7, 11) is 0. The zero-order chi connectivity index (χ0) is 7.03. The molecule has 0 atom stereocenters. The van der Waals surface area contributed by atoms with Gasteiger partial charge >= 0.3 is 6.09 Å². The van der Waals surface area contributed by atoms with Crippen LogP contribution in [-0.2, 0) is 4.74 Å². The Morgan fingerprint density at radius 3 is 2.60 bits per heavy atom. The first-order valence-electron chi connectivity index (χ1n) is 3.76. The lowest BCUT2D eigenvalue weighted by molar-refractivity contribution is 0.172. The molecule has 2 aliphatic rings. The van der Waals surface area contributed by atoms with Gasteiger partial charge in [0.15, 0.2) is 0 Å². The summed E-state index contributed by atoms with van der Waals surface area (Å²) < 4.78 is 4.84. The summed E-state index contributed by atoms with van der Waals surface area (Å²) in [6.45, 7) is 0.589. The van der Waals surface area contributed by atoms with Crippen LogP contribution in [0.1, 0.15) is 25.7 Å². The van der Waals surface area contributed by atoms with E-state index >= 15 is 0 Å². The van der Waals surface area contributed by atoms with E-state index in [-0.39, 0.29) is 11.6 Å². The highest BCUT2D eigenvalue weighted by molar-refractivity contribution is 5.70. The maximum atomic E-state index is 10.7. The van der Waals surface area contributed by atoms with E-state index in [1.165, 1.54) is 12.8 Å². The average Bonchev–Trinajstić information content (AvgIpc) is 2.46. The molecule has 3 heteroatoms. The Labute approximate surface area is 59.7 Å². The summed E-state index contributed by atoms with van der Waals surface area (Å²) in [5.41, 5.74) is 0.0388. The van der Waals surface area contributed by atoms with Crippen molar-refractivity contribution in [2.45, 2.75) is 31.2 Å². The Morgan fingerprint density at radius 1 is 1.40 bits per heavy atom. The molecule has 1 aliphatic carbocycles. The second-order valence-corrected chi connectivity index (χ2v) is 3.19. The molecule has 0 aromatic heterocycles. The van der Waals surface area contributed by atoms with Crippen molar-refractivity contribution < 1.29 is 9.53 Å². The highest BCUT2D eigenvalue weighted by Crippen LogP contribution is 2.32. The number of rotatable bonds is 0. The van der Waals surface area contributed by atoms with Gasteiger partial charge in [-0.1, -0.05) is 12.8 Å². The maximum absolute atomic E-state index is 10.7. The van der Waals surface area contributed by atoms with Gasteiger partial charge in [0.25, 0.3) is 0 Å². The van der Waals surface area contributed by atoms with Crippen LogP contribution in [0.15, 0.2) is 0 Å². The van der Waals surface area contributed by atoms with E-state index in [4.69, 9.17) is 4.74 Å². The third-order valence-corrected chi connectivity index (χ3v) is 2.41. The van der Waals surface area contributed by atoms with Gasteiger partial charge < -0.3 is 10.1 Å². The zero-order valence-electron chi connectivity index (χ0n) is 5.85. The van der Waals surface area contributed by atoms with Crippen LogP contribution in [0, 0.1) is 0 Å². The topological polar surface area (TPSA) is 38.3 Å². The Hall–Kier alpha value is -0.730. The molecule has 0 unspecified atom stereocenters. The van der Waals surface area contributed by atoms with Crippen LogP contribution in [0.5, 0.6) is 0 Å². The Kier molecular flexibility index (Phi) is 1.13. The maximum Gasteiger partial charge on any atom is 0.407 e. The molecular formula is C7H11NO2. The number of carbonyl (C=O) groups is 1. The van der Waals surface area contributed by atoms with Crippen LogP contribution in [0.3, 0.4) is 0 Å². The first kappa shape index (κ1) is 6.01. The Bertz CT molecular complexity index is 161. The normalized spacial score (nSPS) is 28.6. The van der Waals surface area contributed by atoms with Crippen molar-refractivity contribution in [2.75, 3.05) is 6.61 Å². The molecule has 10 heavy (non-hydrogen) atoms. The summed E-state index contributed by atoms with van der Waals surface area (Å²) in [6.07, 6.45) is 4.41. The molecule has 1 saturated carbocycles. The third kappa shape index (κ3) is 0.770. The van der Waals surface area contributed by atoms with E-state index in [9.17, 15) is 4.79 Å². The number of amides is 1. The van der Waals surface area contributed by atoms with Gasteiger partial charge in [0.05, 0.1) is 5.54 Å². The van der Waals surface area contributed by atoms with Crippen LogP contribution < -0.4 is 5.32 Å². The molecule has 3 nitrogen and oxygen atoms in total. The van der Waals surface area contributed by atoms with E-state index in [1.807, 2.05) is 0 Å². The third-order valence-electron chi connectivity index (χ3n) is 2.41. The van der Waals surface area contributed by atoms with Crippen molar-refractivity contribution in [2.24, 2.45) is 0 Å². The molecule has 1 spiro atoms. The summed E-state index contributed by atoms with van der Waals surface area (Å²) in [6, 6.07) is 0. The lowest BCUT2D eigenvalue weighted by Gasteiger charge is -2.17. The number of nitrogens with one attached hydrogen (secondary N) is 1. The van der Waals surface area contributed by atoms with E-state index in [2.05, 4.69) is 5.32 Å². The molecule has 1 saturated heterocycles. The molecule has 0 aromatic rings. The van der Waals surface area contributed by atoms with Crippen molar-refractivity contribution in [1.82, 2.24) is 5.32 Å². The van der Waals surface area contributed by atoms with Crippen molar-refractivity contribution in [3.8, 4) is 0 Å². The van der Waals surface area contributed by atoms with Gasteiger partial charge in [0, 0.05) is 0 Å². The Morgan fingerprint density at radius 2 is 2.10 bits per heavy atom. The quantitative estimate of drug-likeness (QED) is 0.547. The summed E-state index contributed by atoms with van der Waals surface area (Å²) in [5.74, 6) is 0. The minimum absolute atomic E-state index is 0.0388. The lowest BCUT2D eigenvalue weighted by atomic mass is 10.0. The molecule has 1 heterocycles. The number of hydrogen-bond donors (Lipinski definition) is 1. The van der Waals surface area contributed by atoms with Crippen molar-refractivity contribution in [3.63, 3.8) is 0 Å². The first-order valence-corrected chi connectivity index (χ1v) is 3.76. The van der Waals surface area contributed by atoms with Gasteiger partial charge in [-0.05, 0) is 12.8 Å². The molecule has 2 fully saturated rings. The predicted octanol–water partition coefficient (Wildman–Crippen LogP) is 1.04. The van der Waals surface area contributed by atoms with Gasteiger partial charge in [-0.25, -0.2) is 4.79 Å². The highest BCUT2D eigenvalue weighted by Gasteiger charge is 2.41. The molecule has 1 aliphatic heterocycles. The van der Waals surface area contributed by atoms with Gasteiger partial charge in [-0.2, -0.15) is 0 Å². The molecule has 56 valence electrons. The summed E-state index contributed by atoms with van der Waals surface area (Å²) in [5, 5.41) is 2.87. The van der Waals surface area contributed by atoms with Crippen molar-refractivity contribution >= 4 is 6.09 Å². The number of carbonyl (C=O) groups excluding carboxylic acids is 1. The van der Waals surface area contributed by atoms with Crippen LogP contribution >= 0.6 is 0 Å². The molecule has 0 bridgehead atoms. The molecular weight excluding hydrogens is 130 g/mol. The number of ether oxygens (including phenoxy) is 1. The van der Waals surface area contributed by atoms with E-state index in [1.54, 1.807) is 0 Å². The minimum atomic E-state index is -0.234. The van der Waals surface area contributed by atoms with Crippen LogP contribution in [0.25, 0.3) is 0 Å². The van der Waals surface area contributed by atoms with Crippen molar-refractivity contribution in [3.05, 3.63) is 0 Å². The van der Waals surface area contributed by atoms with Gasteiger partial charge in [0.2, 0.25) is 0 Å². The largest absolute Gasteiger partial charge is 0.447 e.